The fraction of sp³-hybridized carbons (Fsp3) is 0.400. The van der Waals surface area contributed by atoms with Crippen LogP contribution < -0.4 is 5.73 Å². The smallest absolute Gasteiger partial charge is 0.261 e. The van der Waals surface area contributed by atoms with Crippen molar-refractivity contribution in [2.75, 3.05) is 12.8 Å². The highest BCUT2D eigenvalue weighted by Gasteiger charge is 2.18. The molecule has 0 amide bonds. The van der Waals surface area contributed by atoms with Gasteiger partial charge >= 0.3 is 0 Å². The summed E-state index contributed by atoms with van der Waals surface area (Å²) in [7, 11) is 1.59. The third-order valence-corrected chi connectivity index (χ3v) is 3.40. The van der Waals surface area contributed by atoms with Crippen LogP contribution in [0, 0.1) is 13.8 Å². The maximum atomic E-state index is 5.92. The average molecular weight is 239 g/mol. The van der Waals surface area contributed by atoms with E-state index < -0.39 is 0 Å². The van der Waals surface area contributed by atoms with Crippen molar-refractivity contribution in [3.8, 4) is 11.5 Å². The number of nitrogens with two attached hydrogens (primary N) is 1. The number of thiophene rings is 1. The number of rotatable bonds is 3. The Morgan fingerprint density at radius 3 is 2.75 bits per heavy atom. The van der Waals surface area contributed by atoms with Crippen molar-refractivity contribution in [1.82, 2.24) is 10.1 Å². The Kier molecular flexibility index (Phi) is 2.93. The van der Waals surface area contributed by atoms with E-state index >= 15 is 0 Å². The van der Waals surface area contributed by atoms with E-state index in [1.165, 1.54) is 16.2 Å². The zero-order valence-corrected chi connectivity index (χ0v) is 10.2. The maximum Gasteiger partial charge on any atom is 0.261 e. The zero-order valence-electron chi connectivity index (χ0n) is 9.40. The second kappa shape index (κ2) is 4.23. The Balaban J connectivity index is 2.42. The van der Waals surface area contributed by atoms with Gasteiger partial charge in [0.05, 0.1) is 10.6 Å². The molecule has 0 aromatic carbocycles. The van der Waals surface area contributed by atoms with E-state index in [1.54, 1.807) is 7.11 Å². The van der Waals surface area contributed by atoms with Crippen LogP contribution in [-0.4, -0.2) is 17.3 Å². The molecule has 0 radical (unpaired) electrons. The standard InChI is InChI=1S/C10H13N3O2S/c1-5-6(2)16-9(11)8(5)10-12-7(4-14-3)13-15-10/h4,11H2,1-3H3. The third-order valence-electron chi connectivity index (χ3n) is 2.37. The summed E-state index contributed by atoms with van der Waals surface area (Å²) in [5, 5.41) is 4.52. The lowest BCUT2D eigenvalue weighted by molar-refractivity contribution is 0.174. The van der Waals surface area contributed by atoms with Gasteiger partial charge in [-0.25, -0.2) is 0 Å². The Morgan fingerprint density at radius 1 is 1.44 bits per heavy atom. The molecule has 0 unspecified atom stereocenters. The highest BCUT2D eigenvalue weighted by Crippen LogP contribution is 2.36. The van der Waals surface area contributed by atoms with E-state index in [9.17, 15) is 0 Å². The number of nitrogen functional groups attached to an aromatic ring is 1. The summed E-state index contributed by atoms with van der Waals surface area (Å²) < 4.78 is 10.1. The molecule has 0 bridgehead atoms. The number of nitrogens with zero attached hydrogens (tertiary/aromatic N) is 2. The number of ether oxygens (including phenoxy) is 1. The quantitative estimate of drug-likeness (QED) is 0.888. The van der Waals surface area contributed by atoms with Gasteiger partial charge in [-0.15, -0.1) is 11.3 Å². The lowest BCUT2D eigenvalue weighted by atomic mass is 10.1. The van der Waals surface area contributed by atoms with Crippen LogP contribution in [0.25, 0.3) is 11.5 Å². The largest absolute Gasteiger partial charge is 0.390 e. The first-order chi connectivity index (χ1) is 7.63. The predicted molar refractivity (Wildman–Crippen MR) is 62.2 cm³/mol. The van der Waals surface area contributed by atoms with Gasteiger partial charge in [0.25, 0.3) is 5.89 Å². The minimum atomic E-state index is 0.339. The molecule has 16 heavy (non-hydrogen) atoms. The number of hydrogen-bond acceptors (Lipinski definition) is 6. The molecule has 2 heterocycles. The number of hydrogen-bond donors (Lipinski definition) is 1. The minimum Gasteiger partial charge on any atom is -0.390 e. The fourth-order valence-corrected chi connectivity index (χ4v) is 2.39. The fourth-order valence-electron chi connectivity index (χ4n) is 1.46. The summed E-state index contributed by atoms with van der Waals surface area (Å²) in [6.45, 7) is 4.36. The monoisotopic (exact) mass is 239 g/mol. The van der Waals surface area contributed by atoms with Crippen molar-refractivity contribution >= 4 is 16.3 Å². The van der Waals surface area contributed by atoms with Crippen molar-refractivity contribution in [1.29, 1.82) is 0 Å². The van der Waals surface area contributed by atoms with Crippen LogP contribution in [0.3, 0.4) is 0 Å². The van der Waals surface area contributed by atoms with E-state index in [1.807, 2.05) is 13.8 Å². The van der Waals surface area contributed by atoms with Crippen LogP contribution in [-0.2, 0) is 11.3 Å². The molecule has 2 aromatic heterocycles. The first-order valence-electron chi connectivity index (χ1n) is 4.80. The molecule has 2 aromatic rings. The Hall–Kier alpha value is -1.40. The molecule has 5 nitrogen and oxygen atoms in total. The zero-order chi connectivity index (χ0) is 11.7. The Bertz CT molecular complexity index is 504. The Morgan fingerprint density at radius 2 is 2.19 bits per heavy atom. The van der Waals surface area contributed by atoms with Gasteiger partial charge in [0.15, 0.2) is 5.82 Å². The molecular weight excluding hydrogens is 226 g/mol. The molecule has 0 saturated carbocycles. The predicted octanol–water partition coefficient (Wildman–Crippen LogP) is 2.14. The molecule has 0 atom stereocenters. The summed E-state index contributed by atoms with van der Waals surface area (Å²) in [6, 6.07) is 0. The summed E-state index contributed by atoms with van der Waals surface area (Å²) >= 11 is 1.53. The van der Waals surface area contributed by atoms with E-state index in [0.29, 0.717) is 23.3 Å². The first kappa shape index (κ1) is 11.1. The molecule has 0 aliphatic rings. The molecular formula is C10H13N3O2S. The van der Waals surface area contributed by atoms with Crippen LogP contribution in [0.4, 0.5) is 5.00 Å². The van der Waals surface area contributed by atoms with Gasteiger partial charge in [-0.05, 0) is 19.4 Å². The van der Waals surface area contributed by atoms with Gasteiger partial charge in [-0.1, -0.05) is 5.16 Å². The van der Waals surface area contributed by atoms with Crippen molar-refractivity contribution < 1.29 is 9.26 Å². The van der Waals surface area contributed by atoms with Gasteiger partial charge in [-0.3, -0.25) is 0 Å². The minimum absolute atomic E-state index is 0.339. The number of anilines is 1. The average Bonchev–Trinajstić information content (AvgIpc) is 2.75. The van der Waals surface area contributed by atoms with Crippen molar-refractivity contribution in [2.45, 2.75) is 20.5 Å². The van der Waals surface area contributed by atoms with E-state index in [-0.39, 0.29) is 0 Å². The summed E-state index contributed by atoms with van der Waals surface area (Å²) in [5.41, 5.74) is 7.85. The number of aryl methyl sites for hydroxylation is 1. The van der Waals surface area contributed by atoms with E-state index in [2.05, 4.69) is 10.1 Å². The van der Waals surface area contributed by atoms with Gasteiger partial charge in [0, 0.05) is 12.0 Å². The maximum absolute atomic E-state index is 5.92. The lowest BCUT2D eigenvalue weighted by Crippen LogP contribution is -1.90. The SMILES string of the molecule is COCc1noc(-c2c(N)sc(C)c2C)n1. The van der Waals surface area contributed by atoms with Gasteiger partial charge in [-0.2, -0.15) is 4.98 Å². The van der Waals surface area contributed by atoms with Gasteiger partial charge in [0.1, 0.15) is 6.61 Å². The summed E-state index contributed by atoms with van der Waals surface area (Å²) in [6.07, 6.45) is 0. The van der Waals surface area contributed by atoms with Gasteiger partial charge in [0.2, 0.25) is 0 Å². The van der Waals surface area contributed by atoms with Crippen molar-refractivity contribution in [3.63, 3.8) is 0 Å². The van der Waals surface area contributed by atoms with E-state index in [4.69, 9.17) is 15.0 Å². The van der Waals surface area contributed by atoms with E-state index in [0.717, 1.165) is 11.1 Å². The molecule has 86 valence electrons. The van der Waals surface area contributed by atoms with Gasteiger partial charge < -0.3 is 15.0 Å². The molecule has 2 N–H and O–H groups in total. The van der Waals surface area contributed by atoms with Crippen molar-refractivity contribution in [3.05, 3.63) is 16.3 Å². The molecule has 6 heteroatoms. The Labute approximate surface area is 97.2 Å². The van der Waals surface area contributed by atoms with Crippen LogP contribution in [0.2, 0.25) is 0 Å². The summed E-state index contributed by atoms with van der Waals surface area (Å²) in [4.78, 5) is 5.39. The van der Waals surface area contributed by atoms with Crippen molar-refractivity contribution in [2.24, 2.45) is 0 Å². The van der Waals surface area contributed by atoms with Crippen LogP contribution in [0.1, 0.15) is 16.3 Å². The lowest BCUT2D eigenvalue weighted by Gasteiger charge is -1.94. The number of aromatic nitrogens is 2. The third kappa shape index (κ3) is 1.81. The molecule has 2 rings (SSSR count). The second-order valence-electron chi connectivity index (χ2n) is 3.47. The first-order valence-corrected chi connectivity index (χ1v) is 5.62. The molecule has 0 aliphatic carbocycles. The van der Waals surface area contributed by atoms with Crippen LogP contribution >= 0.6 is 11.3 Å². The second-order valence-corrected chi connectivity index (χ2v) is 4.73. The summed E-state index contributed by atoms with van der Waals surface area (Å²) in [5.74, 6) is 0.992. The molecule has 0 fully saturated rings. The highest BCUT2D eigenvalue weighted by atomic mass is 32.1. The van der Waals surface area contributed by atoms with Crippen LogP contribution in [0.15, 0.2) is 4.52 Å². The molecule has 0 spiro atoms. The molecule has 0 saturated heterocycles. The molecule has 0 aliphatic heterocycles. The highest BCUT2D eigenvalue weighted by molar-refractivity contribution is 7.16. The number of methoxy groups -OCH3 is 1. The normalized spacial score (nSPS) is 10.9. The topological polar surface area (TPSA) is 74.2 Å². The van der Waals surface area contributed by atoms with Crippen LogP contribution in [0.5, 0.6) is 0 Å².